The van der Waals surface area contributed by atoms with Crippen LogP contribution < -0.4 is 4.90 Å². The zero-order valence-corrected chi connectivity index (χ0v) is 15.3. The number of hydrogen-bond donors (Lipinski definition) is 1. The molecule has 5 rings (SSSR count). The predicted molar refractivity (Wildman–Crippen MR) is 101 cm³/mol. The van der Waals surface area contributed by atoms with E-state index in [-0.39, 0.29) is 47.9 Å². The third-order valence-corrected chi connectivity index (χ3v) is 6.18. The topological polar surface area (TPSA) is 60.9 Å². The fraction of sp³-hybridized carbons (Fsp3) is 0.364. The van der Waals surface area contributed by atoms with Gasteiger partial charge in [-0.25, -0.2) is 4.39 Å². The zero-order valence-electron chi connectivity index (χ0n) is 15.3. The zero-order chi connectivity index (χ0) is 19.4. The van der Waals surface area contributed by atoms with E-state index in [1.54, 1.807) is 15.9 Å². The first-order chi connectivity index (χ1) is 13.6. The summed E-state index contributed by atoms with van der Waals surface area (Å²) in [6, 6.07) is 12.9. The van der Waals surface area contributed by atoms with Gasteiger partial charge in [0.15, 0.2) is 0 Å². The smallest absolute Gasteiger partial charge is 0.258 e. The molecule has 2 fully saturated rings. The number of fused-ring (bicyclic) bond motifs is 3. The number of nitrogens with zero attached hydrogens (tertiary/aromatic N) is 2. The fourth-order valence-electron chi connectivity index (χ4n) is 4.70. The van der Waals surface area contributed by atoms with Crippen LogP contribution in [-0.4, -0.2) is 47.1 Å². The molecule has 1 saturated heterocycles. The Hall–Kier alpha value is -2.73. The number of carbonyl (C=O) groups excluding carboxylic acids is 2. The van der Waals surface area contributed by atoms with E-state index < -0.39 is 5.82 Å². The fourth-order valence-corrected chi connectivity index (χ4v) is 4.70. The Morgan fingerprint density at radius 2 is 1.89 bits per heavy atom. The largest absolute Gasteiger partial charge is 0.394 e. The SMILES string of the molecule is O=C(c1cccc(F)c1)N1C[C@@H]2[C@H](c3ccccc31)[C@H](CO)N2C(=O)C1CC1. The van der Waals surface area contributed by atoms with Gasteiger partial charge in [-0.2, -0.15) is 0 Å². The molecule has 3 aliphatic rings. The van der Waals surface area contributed by atoms with Gasteiger partial charge in [0.2, 0.25) is 5.91 Å². The number of likely N-dealkylation sites (tertiary alicyclic amines) is 1. The van der Waals surface area contributed by atoms with Gasteiger partial charge < -0.3 is 14.9 Å². The number of halogens is 1. The number of hydrogen-bond acceptors (Lipinski definition) is 3. The summed E-state index contributed by atoms with van der Waals surface area (Å²) in [5, 5.41) is 9.94. The molecule has 2 aromatic carbocycles. The Balaban J connectivity index is 1.53. The monoisotopic (exact) mass is 380 g/mol. The summed E-state index contributed by atoms with van der Waals surface area (Å²) in [6.45, 7) is 0.262. The highest BCUT2D eigenvalue weighted by Crippen LogP contribution is 2.50. The van der Waals surface area contributed by atoms with Crippen LogP contribution in [0.3, 0.4) is 0 Å². The molecule has 2 heterocycles. The van der Waals surface area contributed by atoms with E-state index >= 15 is 0 Å². The summed E-state index contributed by atoms with van der Waals surface area (Å²) < 4.78 is 13.6. The van der Waals surface area contributed by atoms with Gasteiger partial charge in [0.25, 0.3) is 5.91 Å². The summed E-state index contributed by atoms with van der Waals surface area (Å²) in [6.07, 6.45) is 1.79. The molecule has 1 saturated carbocycles. The van der Waals surface area contributed by atoms with Crippen LogP contribution in [0.4, 0.5) is 10.1 Å². The van der Waals surface area contributed by atoms with E-state index in [1.165, 1.54) is 18.2 Å². The van der Waals surface area contributed by atoms with Gasteiger partial charge in [0.1, 0.15) is 5.82 Å². The Morgan fingerprint density at radius 3 is 2.61 bits per heavy atom. The molecule has 1 aliphatic carbocycles. The standard InChI is InChI=1S/C22H21FN2O3/c23-15-5-3-4-14(10-15)21(27)24-11-18-20(16-6-1-2-7-17(16)24)19(12-26)25(18)22(28)13-8-9-13/h1-7,10,13,18-20,26H,8-9,11-12H2/t18-,19+,20+/m1/s1. The normalized spacial score (nSPS) is 25.6. The third kappa shape index (κ3) is 2.55. The van der Waals surface area contributed by atoms with Crippen molar-refractivity contribution >= 4 is 17.5 Å². The first-order valence-electron chi connectivity index (χ1n) is 9.69. The molecule has 0 spiro atoms. The van der Waals surface area contributed by atoms with Gasteiger partial charge in [0.05, 0.1) is 18.7 Å². The average molecular weight is 380 g/mol. The first kappa shape index (κ1) is 17.4. The van der Waals surface area contributed by atoms with Gasteiger partial charge in [-0.15, -0.1) is 0 Å². The summed E-state index contributed by atoms with van der Waals surface area (Å²) in [4.78, 5) is 29.4. The molecule has 2 amide bonds. The van der Waals surface area contributed by atoms with Crippen molar-refractivity contribution in [2.45, 2.75) is 30.8 Å². The van der Waals surface area contributed by atoms with Crippen LogP contribution in [0.25, 0.3) is 0 Å². The highest BCUT2D eigenvalue weighted by molar-refractivity contribution is 6.07. The average Bonchev–Trinajstić information content (AvgIpc) is 3.53. The summed E-state index contributed by atoms with van der Waals surface area (Å²) >= 11 is 0. The predicted octanol–water partition coefficient (Wildman–Crippen LogP) is 2.55. The van der Waals surface area contributed by atoms with Crippen LogP contribution in [0.5, 0.6) is 0 Å². The first-order valence-corrected chi connectivity index (χ1v) is 9.69. The van der Waals surface area contributed by atoms with Crippen LogP contribution in [-0.2, 0) is 4.79 Å². The van der Waals surface area contributed by atoms with Crippen molar-refractivity contribution in [3.05, 3.63) is 65.5 Å². The molecule has 6 heteroatoms. The van der Waals surface area contributed by atoms with Gasteiger partial charge in [-0.3, -0.25) is 9.59 Å². The second-order valence-electron chi connectivity index (χ2n) is 7.85. The Morgan fingerprint density at radius 1 is 1.11 bits per heavy atom. The second kappa shape index (κ2) is 6.41. The lowest BCUT2D eigenvalue weighted by molar-refractivity contribution is -0.151. The molecular formula is C22H21FN2O3. The van der Waals surface area contributed by atoms with E-state index in [4.69, 9.17) is 0 Å². The lowest BCUT2D eigenvalue weighted by Crippen LogP contribution is -2.71. The van der Waals surface area contributed by atoms with Gasteiger partial charge in [-0.1, -0.05) is 24.3 Å². The van der Waals surface area contributed by atoms with E-state index in [0.29, 0.717) is 6.54 Å². The number of para-hydroxylation sites is 1. The lowest BCUT2D eigenvalue weighted by Gasteiger charge is -2.59. The van der Waals surface area contributed by atoms with Crippen LogP contribution in [0.1, 0.15) is 34.7 Å². The number of carbonyl (C=O) groups is 2. The molecule has 0 bridgehead atoms. The van der Waals surface area contributed by atoms with Crippen molar-refractivity contribution in [2.75, 3.05) is 18.1 Å². The van der Waals surface area contributed by atoms with E-state index in [1.807, 2.05) is 24.3 Å². The second-order valence-corrected chi connectivity index (χ2v) is 7.85. The van der Waals surface area contributed by atoms with Crippen LogP contribution in [0.2, 0.25) is 0 Å². The third-order valence-electron chi connectivity index (χ3n) is 6.18. The Bertz CT molecular complexity index is 958. The maximum absolute atomic E-state index is 13.6. The highest BCUT2D eigenvalue weighted by Gasteiger charge is 2.56. The minimum Gasteiger partial charge on any atom is -0.394 e. The number of amides is 2. The number of anilines is 1. The molecule has 28 heavy (non-hydrogen) atoms. The van der Waals surface area contributed by atoms with Crippen LogP contribution >= 0.6 is 0 Å². The minimum atomic E-state index is -0.455. The quantitative estimate of drug-likeness (QED) is 0.890. The molecule has 3 atom stereocenters. The number of aliphatic hydroxyl groups is 1. The number of aliphatic hydroxyl groups excluding tert-OH is 1. The molecule has 144 valence electrons. The van der Waals surface area contributed by atoms with E-state index in [0.717, 1.165) is 24.1 Å². The van der Waals surface area contributed by atoms with Crippen molar-refractivity contribution < 1.29 is 19.1 Å². The Kier molecular flexibility index (Phi) is 3.98. The molecule has 2 aromatic rings. The minimum absolute atomic E-state index is 0.0143. The molecule has 0 aromatic heterocycles. The molecule has 1 N–H and O–H groups in total. The Labute approximate surface area is 162 Å². The maximum atomic E-state index is 13.6. The van der Waals surface area contributed by atoms with Crippen molar-refractivity contribution in [2.24, 2.45) is 5.92 Å². The van der Waals surface area contributed by atoms with E-state index in [9.17, 15) is 19.1 Å². The molecule has 0 unspecified atom stereocenters. The molecular weight excluding hydrogens is 359 g/mol. The van der Waals surface area contributed by atoms with E-state index in [2.05, 4.69) is 0 Å². The van der Waals surface area contributed by atoms with Crippen molar-refractivity contribution in [1.82, 2.24) is 4.90 Å². The molecule has 0 radical (unpaired) electrons. The van der Waals surface area contributed by atoms with Gasteiger partial charge >= 0.3 is 0 Å². The summed E-state index contributed by atoms with van der Waals surface area (Å²) in [5.74, 6) is -0.585. The summed E-state index contributed by atoms with van der Waals surface area (Å²) in [5.41, 5.74) is 2.02. The van der Waals surface area contributed by atoms with Crippen LogP contribution in [0, 0.1) is 11.7 Å². The lowest BCUT2D eigenvalue weighted by atomic mass is 9.71. The van der Waals surface area contributed by atoms with Gasteiger partial charge in [0, 0.05) is 29.6 Å². The highest BCUT2D eigenvalue weighted by atomic mass is 19.1. The number of rotatable bonds is 3. The number of benzene rings is 2. The molecule has 5 nitrogen and oxygen atoms in total. The molecule has 2 aliphatic heterocycles. The van der Waals surface area contributed by atoms with Gasteiger partial charge in [-0.05, 0) is 42.7 Å². The van der Waals surface area contributed by atoms with Crippen LogP contribution in [0.15, 0.2) is 48.5 Å². The maximum Gasteiger partial charge on any atom is 0.258 e. The van der Waals surface area contributed by atoms with Crippen molar-refractivity contribution in [3.63, 3.8) is 0 Å². The summed E-state index contributed by atoms with van der Waals surface area (Å²) in [7, 11) is 0. The van der Waals surface area contributed by atoms with Crippen molar-refractivity contribution in [1.29, 1.82) is 0 Å². The van der Waals surface area contributed by atoms with Crippen molar-refractivity contribution in [3.8, 4) is 0 Å².